The van der Waals surface area contributed by atoms with Crippen LogP contribution in [0.1, 0.15) is 39.0 Å². The molecule has 86 valence electrons. The molecule has 0 aliphatic heterocycles. The largest absolute Gasteiger partial charge is 0.459 e. The van der Waals surface area contributed by atoms with Crippen molar-refractivity contribution in [2.45, 2.75) is 39.0 Å². The minimum absolute atomic E-state index is 0.245. The summed E-state index contributed by atoms with van der Waals surface area (Å²) in [4.78, 5) is 22.1. The van der Waals surface area contributed by atoms with E-state index in [0.29, 0.717) is 6.54 Å². The molecule has 4 nitrogen and oxygen atoms in total. The zero-order chi connectivity index (χ0) is 11.1. The second kappa shape index (κ2) is 6.43. The van der Waals surface area contributed by atoms with Gasteiger partial charge in [0.15, 0.2) is 0 Å². The third-order valence-corrected chi connectivity index (χ3v) is 2.77. The predicted octanol–water partition coefficient (Wildman–Crippen LogP) is 1.25. The first-order chi connectivity index (χ1) is 7.24. The third-order valence-electron chi connectivity index (χ3n) is 2.77. The molecule has 0 heterocycles. The molecule has 1 aliphatic carbocycles. The Bertz CT molecular complexity index is 222. The maximum absolute atomic E-state index is 11.1. The number of rotatable bonds is 4. The first-order valence-corrected chi connectivity index (χ1v) is 5.69. The van der Waals surface area contributed by atoms with E-state index < -0.39 is 11.9 Å². The van der Waals surface area contributed by atoms with Gasteiger partial charge in [0.2, 0.25) is 0 Å². The van der Waals surface area contributed by atoms with E-state index in [4.69, 9.17) is 0 Å². The highest BCUT2D eigenvalue weighted by Gasteiger charge is 2.17. The SMILES string of the molecule is CCOC(=O)C(=O)NCCC1CCCC1. The molecule has 0 saturated heterocycles. The molecule has 0 atom stereocenters. The Morgan fingerprint density at radius 2 is 2.00 bits per heavy atom. The molecule has 0 spiro atoms. The van der Waals surface area contributed by atoms with E-state index in [9.17, 15) is 9.59 Å². The lowest BCUT2D eigenvalue weighted by Gasteiger charge is -2.09. The molecule has 0 aromatic heterocycles. The van der Waals surface area contributed by atoms with Crippen LogP contribution in [0.25, 0.3) is 0 Å². The Kier molecular flexibility index (Phi) is 5.15. The first-order valence-electron chi connectivity index (χ1n) is 5.69. The fraction of sp³-hybridized carbons (Fsp3) is 0.818. The number of ether oxygens (including phenoxy) is 1. The van der Waals surface area contributed by atoms with Gasteiger partial charge in [-0.2, -0.15) is 0 Å². The molecule has 1 amide bonds. The van der Waals surface area contributed by atoms with Gasteiger partial charge in [-0.25, -0.2) is 4.79 Å². The predicted molar refractivity (Wildman–Crippen MR) is 56.2 cm³/mol. The molecule has 1 aliphatic rings. The molecule has 1 fully saturated rings. The van der Waals surface area contributed by atoms with E-state index in [-0.39, 0.29) is 6.61 Å². The van der Waals surface area contributed by atoms with Crippen molar-refractivity contribution in [1.82, 2.24) is 5.32 Å². The van der Waals surface area contributed by atoms with Crippen LogP contribution in [0, 0.1) is 5.92 Å². The van der Waals surface area contributed by atoms with Gasteiger partial charge >= 0.3 is 11.9 Å². The minimum atomic E-state index is -0.774. The summed E-state index contributed by atoms with van der Waals surface area (Å²) in [7, 11) is 0. The van der Waals surface area contributed by atoms with Crippen LogP contribution >= 0.6 is 0 Å². The molecule has 1 saturated carbocycles. The van der Waals surface area contributed by atoms with Crippen LogP contribution in [0.2, 0.25) is 0 Å². The van der Waals surface area contributed by atoms with Crippen molar-refractivity contribution in [3.63, 3.8) is 0 Å². The summed E-state index contributed by atoms with van der Waals surface area (Å²) in [5.74, 6) is -0.661. The van der Waals surface area contributed by atoms with Gasteiger partial charge in [0.25, 0.3) is 0 Å². The standard InChI is InChI=1S/C11H19NO3/c1-2-15-11(14)10(13)12-8-7-9-5-3-4-6-9/h9H,2-8H2,1H3,(H,12,13). The zero-order valence-electron chi connectivity index (χ0n) is 9.25. The van der Waals surface area contributed by atoms with Crippen molar-refractivity contribution in [1.29, 1.82) is 0 Å². The maximum Gasteiger partial charge on any atom is 0.396 e. The lowest BCUT2D eigenvalue weighted by molar-refractivity contribution is -0.154. The van der Waals surface area contributed by atoms with Crippen LogP contribution in [-0.4, -0.2) is 25.0 Å². The Balaban J connectivity index is 2.08. The molecule has 15 heavy (non-hydrogen) atoms. The van der Waals surface area contributed by atoms with Crippen molar-refractivity contribution in [3.05, 3.63) is 0 Å². The van der Waals surface area contributed by atoms with E-state index in [1.165, 1.54) is 25.7 Å². The summed E-state index contributed by atoms with van der Waals surface area (Å²) in [6, 6.07) is 0. The van der Waals surface area contributed by atoms with E-state index in [2.05, 4.69) is 10.1 Å². The van der Waals surface area contributed by atoms with Crippen LogP contribution in [0.5, 0.6) is 0 Å². The van der Waals surface area contributed by atoms with Crippen molar-refractivity contribution < 1.29 is 14.3 Å². The zero-order valence-corrected chi connectivity index (χ0v) is 9.25. The smallest absolute Gasteiger partial charge is 0.396 e. The molecule has 1 N–H and O–H groups in total. The number of carbonyl (C=O) groups excluding carboxylic acids is 2. The summed E-state index contributed by atoms with van der Waals surface area (Å²) in [6.07, 6.45) is 6.10. The Labute approximate surface area is 90.4 Å². The Morgan fingerprint density at radius 3 is 2.60 bits per heavy atom. The molecule has 0 radical (unpaired) electrons. The lowest BCUT2D eigenvalue weighted by Crippen LogP contribution is -2.33. The normalized spacial score (nSPS) is 16.3. The average Bonchev–Trinajstić information content (AvgIpc) is 2.71. The highest BCUT2D eigenvalue weighted by atomic mass is 16.5. The number of hydrogen-bond acceptors (Lipinski definition) is 3. The van der Waals surface area contributed by atoms with Crippen molar-refractivity contribution >= 4 is 11.9 Å². The fourth-order valence-electron chi connectivity index (χ4n) is 1.96. The topological polar surface area (TPSA) is 55.4 Å². The molecule has 1 rings (SSSR count). The fourth-order valence-corrected chi connectivity index (χ4v) is 1.96. The molecule has 4 heteroatoms. The molecule has 0 bridgehead atoms. The molecule has 0 aromatic rings. The summed E-state index contributed by atoms with van der Waals surface area (Å²) >= 11 is 0. The van der Waals surface area contributed by atoms with Gasteiger partial charge < -0.3 is 10.1 Å². The van der Waals surface area contributed by atoms with Gasteiger partial charge in [-0.1, -0.05) is 25.7 Å². The lowest BCUT2D eigenvalue weighted by atomic mass is 10.0. The minimum Gasteiger partial charge on any atom is -0.459 e. The van der Waals surface area contributed by atoms with Crippen LogP contribution < -0.4 is 5.32 Å². The monoisotopic (exact) mass is 213 g/mol. The van der Waals surface area contributed by atoms with E-state index in [1.54, 1.807) is 6.92 Å². The van der Waals surface area contributed by atoms with Crippen LogP contribution in [0.3, 0.4) is 0 Å². The maximum atomic E-state index is 11.1. The van der Waals surface area contributed by atoms with Crippen molar-refractivity contribution in [2.75, 3.05) is 13.2 Å². The summed E-state index contributed by atoms with van der Waals surface area (Å²) in [5.41, 5.74) is 0. The van der Waals surface area contributed by atoms with Crippen LogP contribution in [0.4, 0.5) is 0 Å². The van der Waals surface area contributed by atoms with Gasteiger partial charge in [-0.3, -0.25) is 4.79 Å². The van der Waals surface area contributed by atoms with Crippen molar-refractivity contribution in [2.24, 2.45) is 5.92 Å². The third kappa shape index (κ3) is 4.32. The molecular formula is C11H19NO3. The summed E-state index contributed by atoms with van der Waals surface area (Å²) < 4.78 is 4.58. The molecule has 0 unspecified atom stereocenters. The van der Waals surface area contributed by atoms with Crippen LogP contribution in [-0.2, 0) is 14.3 Å². The van der Waals surface area contributed by atoms with E-state index in [0.717, 1.165) is 12.3 Å². The summed E-state index contributed by atoms with van der Waals surface area (Å²) in [5, 5.41) is 2.58. The number of carbonyl (C=O) groups is 2. The number of esters is 1. The summed E-state index contributed by atoms with van der Waals surface area (Å²) in [6.45, 7) is 2.51. The number of amides is 1. The van der Waals surface area contributed by atoms with Crippen LogP contribution in [0.15, 0.2) is 0 Å². The second-order valence-electron chi connectivity index (χ2n) is 3.92. The average molecular weight is 213 g/mol. The van der Waals surface area contributed by atoms with Crippen molar-refractivity contribution in [3.8, 4) is 0 Å². The number of hydrogen-bond donors (Lipinski definition) is 1. The first kappa shape index (κ1) is 12.0. The highest BCUT2D eigenvalue weighted by molar-refractivity contribution is 6.32. The Hall–Kier alpha value is -1.06. The molecular weight excluding hydrogens is 194 g/mol. The second-order valence-corrected chi connectivity index (χ2v) is 3.92. The highest BCUT2D eigenvalue weighted by Crippen LogP contribution is 2.26. The molecule has 0 aromatic carbocycles. The quantitative estimate of drug-likeness (QED) is 0.564. The van der Waals surface area contributed by atoms with Gasteiger partial charge in [0.05, 0.1) is 6.61 Å². The van der Waals surface area contributed by atoms with Gasteiger partial charge in [-0.15, -0.1) is 0 Å². The van der Waals surface area contributed by atoms with Gasteiger partial charge in [0.1, 0.15) is 0 Å². The Morgan fingerprint density at radius 1 is 1.33 bits per heavy atom. The van der Waals surface area contributed by atoms with E-state index in [1.807, 2.05) is 0 Å². The van der Waals surface area contributed by atoms with Gasteiger partial charge in [0, 0.05) is 6.54 Å². The van der Waals surface area contributed by atoms with Gasteiger partial charge in [-0.05, 0) is 19.3 Å². The van der Waals surface area contributed by atoms with E-state index >= 15 is 0 Å². The number of nitrogens with one attached hydrogen (secondary N) is 1.